The van der Waals surface area contributed by atoms with Gasteiger partial charge in [0, 0.05) is 18.0 Å². The third-order valence-corrected chi connectivity index (χ3v) is 3.26. The second-order valence-corrected chi connectivity index (χ2v) is 4.45. The Hall–Kier alpha value is -0.630. The lowest BCUT2D eigenvalue weighted by Gasteiger charge is -2.28. The van der Waals surface area contributed by atoms with Gasteiger partial charge in [0.15, 0.2) is 5.78 Å². The summed E-state index contributed by atoms with van der Waals surface area (Å²) in [5.41, 5.74) is 0.728. The molecule has 2 aliphatic rings. The van der Waals surface area contributed by atoms with Gasteiger partial charge < -0.3 is 5.32 Å². The lowest BCUT2D eigenvalue weighted by Crippen LogP contribution is -2.40. The molecule has 2 atom stereocenters. The van der Waals surface area contributed by atoms with E-state index >= 15 is 0 Å². The summed E-state index contributed by atoms with van der Waals surface area (Å²) in [4.78, 5) is 11.7. The molecular weight excluding hydrogens is 162 g/mol. The van der Waals surface area contributed by atoms with Gasteiger partial charge in [0.25, 0.3) is 0 Å². The molecule has 72 valence electrons. The Labute approximate surface area is 79.4 Å². The van der Waals surface area contributed by atoms with Crippen molar-refractivity contribution in [3.05, 3.63) is 12.2 Å². The number of piperidine rings is 1. The van der Waals surface area contributed by atoms with E-state index in [9.17, 15) is 4.79 Å². The largest absolute Gasteiger partial charge is 0.311 e. The Kier molecular flexibility index (Phi) is 2.24. The molecule has 2 unspecified atom stereocenters. The summed E-state index contributed by atoms with van der Waals surface area (Å²) in [6.45, 7) is 5.56. The summed E-state index contributed by atoms with van der Waals surface area (Å²) in [5.74, 6) is 0.551. The van der Waals surface area contributed by atoms with E-state index in [0.717, 1.165) is 18.4 Å². The molecule has 2 fully saturated rings. The number of ketones is 1. The number of nitrogens with one attached hydrogen (secondary N) is 1. The van der Waals surface area contributed by atoms with Crippen LogP contribution in [0.2, 0.25) is 0 Å². The quantitative estimate of drug-likeness (QED) is 0.653. The molecule has 0 aliphatic carbocycles. The topological polar surface area (TPSA) is 29.1 Å². The summed E-state index contributed by atoms with van der Waals surface area (Å²) in [6.07, 6.45) is 4.57. The number of fused-ring (bicyclic) bond motifs is 2. The molecular formula is C11H17NO. The molecule has 2 nitrogen and oxygen atoms in total. The van der Waals surface area contributed by atoms with Crippen molar-refractivity contribution < 1.29 is 4.79 Å². The van der Waals surface area contributed by atoms with Gasteiger partial charge in [-0.2, -0.15) is 0 Å². The SMILES string of the molecule is C=C(C)C(=O)C1CC2CCC(C1)N2. The van der Waals surface area contributed by atoms with Crippen molar-refractivity contribution in [3.8, 4) is 0 Å². The van der Waals surface area contributed by atoms with E-state index in [2.05, 4.69) is 11.9 Å². The molecule has 2 saturated heterocycles. The second kappa shape index (κ2) is 3.26. The van der Waals surface area contributed by atoms with Crippen LogP contribution in [-0.2, 0) is 4.79 Å². The van der Waals surface area contributed by atoms with E-state index in [4.69, 9.17) is 0 Å². The van der Waals surface area contributed by atoms with Crippen LogP contribution in [0.25, 0.3) is 0 Å². The van der Waals surface area contributed by atoms with Crippen molar-refractivity contribution in [1.82, 2.24) is 5.32 Å². The number of carbonyl (C=O) groups excluding carboxylic acids is 1. The van der Waals surface area contributed by atoms with Crippen molar-refractivity contribution in [1.29, 1.82) is 0 Å². The van der Waals surface area contributed by atoms with Crippen LogP contribution in [-0.4, -0.2) is 17.9 Å². The molecule has 0 aromatic rings. The number of hydrogen-bond donors (Lipinski definition) is 1. The van der Waals surface area contributed by atoms with Gasteiger partial charge in [-0.3, -0.25) is 4.79 Å². The first-order valence-electron chi connectivity index (χ1n) is 5.12. The Morgan fingerprint density at radius 3 is 2.31 bits per heavy atom. The Bertz CT molecular complexity index is 234. The van der Waals surface area contributed by atoms with Gasteiger partial charge in [-0.25, -0.2) is 0 Å². The van der Waals surface area contributed by atoms with Gasteiger partial charge in [-0.1, -0.05) is 6.58 Å². The third kappa shape index (κ3) is 1.68. The van der Waals surface area contributed by atoms with E-state index in [1.54, 1.807) is 0 Å². The van der Waals surface area contributed by atoms with E-state index in [1.165, 1.54) is 12.8 Å². The van der Waals surface area contributed by atoms with E-state index in [1.807, 2.05) is 6.92 Å². The van der Waals surface area contributed by atoms with E-state index < -0.39 is 0 Å². The van der Waals surface area contributed by atoms with Crippen LogP contribution in [0.15, 0.2) is 12.2 Å². The molecule has 13 heavy (non-hydrogen) atoms. The highest BCUT2D eigenvalue weighted by Crippen LogP contribution is 2.32. The fourth-order valence-corrected chi connectivity index (χ4v) is 2.62. The predicted molar refractivity (Wildman–Crippen MR) is 52.5 cm³/mol. The van der Waals surface area contributed by atoms with E-state index in [-0.39, 0.29) is 5.92 Å². The monoisotopic (exact) mass is 179 g/mol. The molecule has 2 heteroatoms. The standard InChI is InChI=1S/C11H17NO/c1-7(2)11(13)8-5-9-3-4-10(6-8)12-9/h8-10,12H,1,3-6H2,2H3. The lowest BCUT2D eigenvalue weighted by atomic mass is 9.86. The summed E-state index contributed by atoms with van der Waals surface area (Å²) in [6, 6.07) is 1.21. The highest BCUT2D eigenvalue weighted by Gasteiger charge is 2.36. The lowest BCUT2D eigenvalue weighted by molar-refractivity contribution is -0.120. The highest BCUT2D eigenvalue weighted by molar-refractivity contribution is 5.96. The zero-order valence-electron chi connectivity index (χ0n) is 8.18. The van der Waals surface area contributed by atoms with E-state index in [0.29, 0.717) is 17.9 Å². The first-order chi connectivity index (χ1) is 6.16. The average molecular weight is 179 g/mol. The smallest absolute Gasteiger partial charge is 0.161 e. The number of Topliss-reactive ketones (excluding diaryl/α,β-unsaturated/α-hetero) is 1. The van der Waals surface area contributed by atoms with Crippen LogP contribution in [0.4, 0.5) is 0 Å². The minimum Gasteiger partial charge on any atom is -0.311 e. The van der Waals surface area contributed by atoms with Crippen LogP contribution in [0.1, 0.15) is 32.6 Å². The maximum atomic E-state index is 11.7. The van der Waals surface area contributed by atoms with Gasteiger partial charge in [-0.05, 0) is 38.2 Å². The summed E-state index contributed by atoms with van der Waals surface area (Å²) < 4.78 is 0. The first kappa shape index (κ1) is 8.95. The first-order valence-corrected chi connectivity index (χ1v) is 5.12. The van der Waals surface area contributed by atoms with Crippen molar-refractivity contribution >= 4 is 5.78 Å². The minimum atomic E-state index is 0.260. The summed E-state index contributed by atoms with van der Waals surface area (Å²) in [7, 11) is 0. The highest BCUT2D eigenvalue weighted by atomic mass is 16.1. The van der Waals surface area contributed by atoms with Gasteiger partial charge in [0.1, 0.15) is 0 Å². The molecule has 1 N–H and O–H groups in total. The van der Waals surface area contributed by atoms with Gasteiger partial charge in [-0.15, -0.1) is 0 Å². The van der Waals surface area contributed by atoms with Crippen LogP contribution in [0.5, 0.6) is 0 Å². The van der Waals surface area contributed by atoms with Crippen LogP contribution < -0.4 is 5.32 Å². The maximum absolute atomic E-state index is 11.7. The molecule has 2 aliphatic heterocycles. The number of rotatable bonds is 2. The number of hydrogen-bond acceptors (Lipinski definition) is 2. The van der Waals surface area contributed by atoms with Gasteiger partial charge in [0.2, 0.25) is 0 Å². The Morgan fingerprint density at radius 1 is 1.31 bits per heavy atom. The Morgan fingerprint density at radius 2 is 1.85 bits per heavy atom. The Balaban J connectivity index is 2.02. The molecule has 0 aromatic heterocycles. The average Bonchev–Trinajstić information content (AvgIpc) is 2.44. The molecule has 0 radical (unpaired) electrons. The number of carbonyl (C=O) groups is 1. The number of allylic oxidation sites excluding steroid dienone is 1. The summed E-state index contributed by atoms with van der Waals surface area (Å²) in [5, 5.41) is 3.53. The van der Waals surface area contributed by atoms with Crippen LogP contribution >= 0.6 is 0 Å². The fourth-order valence-electron chi connectivity index (χ4n) is 2.62. The second-order valence-electron chi connectivity index (χ2n) is 4.45. The van der Waals surface area contributed by atoms with Crippen LogP contribution in [0, 0.1) is 5.92 Å². The minimum absolute atomic E-state index is 0.260. The molecule has 2 bridgehead atoms. The molecule has 0 amide bonds. The molecule has 0 aromatic carbocycles. The van der Waals surface area contributed by atoms with Crippen molar-refractivity contribution in [3.63, 3.8) is 0 Å². The van der Waals surface area contributed by atoms with Crippen molar-refractivity contribution in [2.75, 3.05) is 0 Å². The van der Waals surface area contributed by atoms with Crippen molar-refractivity contribution in [2.45, 2.75) is 44.7 Å². The van der Waals surface area contributed by atoms with Gasteiger partial charge >= 0.3 is 0 Å². The van der Waals surface area contributed by atoms with Gasteiger partial charge in [0.05, 0.1) is 0 Å². The zero-order valence-corrected chi connectivity index (χ0v) is 8.18. The maximum Gasteiger partial charge on any atom is 0.161 e. The van der Waals surface area contributed by atoms with Crippen molar-refractivity contribution in [2.24, 2.45) is 5.92 Å². The molecule has 0 spiro atoms. The fraction of sp³-hybridized carbons (Fsp3) is 0.727. The molecule has 0 saturated carbocycles. The molecule has 2 heterocycles. The summed E-state index contributed by atoms with van der Waals surface area (Å²) >= 11 is 0. The normalized spacial score (nSPS) is 37.5. The molecule has 2 rings (SSSR count). The predicted octanol–water partition coefficient (Wildman–Crippen LogP) is 1.66. The van der Waals surface area contributed by atoms with Crippen LogP contribution in [0.3, 0.4) is 0 Å². The third-order valence-electron chi connectivity index (χ3n) is 3.26. The zero-order chi connectivity index (χ0) is 9.42.